The first kappa shape index (κ1) is 13.8. The molecule has 0 fully saturated rings. The molecule has 0 atom stereocenters. The van der Waals surface area contributed by atoms with Gasteiger partial charge >= 0.3 is 0 Å². The number of ether oxygens (including phenoxy) is 1. The van der Waals surface area contributed by atoms with Crippen LogP contribution in [0.4, 0.5) is 5.82 Å². The third-order valence-electron chi connectivity index (χ3n) is 2.36. The molecule has 0 radical (unpaired) electrons. The average molecular weight is 254 g/mol. The van der Waals surface area contributed by atoms with Gasteiger partial charge in [-0.25, -0.2) is 4.98 Å². The third kappa shape index (κ3) is 3.88. The first-order chi connectivity index (χ1) is 8.08. The lowest BCUT2D eigenvalue weighted by Crippen LogP contribution is -2.34. The summed E-state index contributed by atoms with van der Waals surface area (Å²) in [5.41, 5.74) is 0.517. The topological polar surface area (TPSA) is 49.1 Å². The molecule has 0 saturated carbocycles. The lowest BCUT2D eigenvalue weighted by molar-refractivity contribution is 0.203. The fourth-order valence-electron chi connectivity index (χ4n) is 1.52. The minimum absolute atomic E-state index is 0.266. The molecule has 0 aliphatic carbocycles. The maximum Gasteiger partial charge on any atom is 0.132 e. The lowest BCUT2D eigenvalue weighted by Gasteiger charge is -2.27. The van der Waals surface area contributed by atoms with Gasteiger partial charge in [0.1, 0.15) is 11.0 Å². The van der Waals surface area contributed by atoms with E-state index in [0.717, 1.165) is 0 Å². The van der Waals surface area contributed by atoms with E-state index in [0.29, 0.717) is 29.7 Å². The molecule has 1 rings (SSSR count). The van der Waals surface area contributed by atoms with Crippen LogP contribution in [0.1, 0.15) is 19.4 Å². The molecular formula is C12H16ClN3O. The first-order valence-electron chi connectivity index (χ1n) is 5.41. The van der Waals surface area contributed by atoms with E-state index in [4.69, 9.17) is 21.6 Å². The van der Waals surface area contributed by atoms with Gasteiger partial charge < -0.3 is 9.64 Å². The highest BCUT2D eigenvalue weighted by molar-refractivity contribution is 6.29. The monoisotopic (exact) mass is 253 g/mol. The molecule has 0 bridgehead atoms. The number of pyridine rings is 1. The molecule has 0 aliphatic rings. The van der Waals surface area contributed by atoms with Crippen LogP contribution in [0.25, 0.3) is 0 Å². The number of methoxy groups -OCH3 is 1. The summed E-state index contributed by atoms with van der Waals surface area (Å²) in [4.78, 5) is 6.29. The number of rotatable bonds is 5. The van der Waals surface area contributed by atoms with E-state index >= 15 is 0 Å². The Balaban J connectivity index is 3.01. The van der Waals surface area contributed by atoms with E-state index < -0.39 is 0 Å². The standard InChI is InChI=1S/C12H16ClN3O/c1-9(2)16(4-5-17-3)12-7-10(8-14)6-11(13)15-12/h6-7,9H,4-5H2,1-3H3. The maximum atomic E-state index is 8.90. The molecule has 17 heavy (non-hydrogen) atoms. The van der Waals surface area contributed by atoms with E-state index in [2.05, 4.69) is 29.8 Å². The highest BCUT2D eigenvalue weighted by Crippen LogP contribution is 2.19. The van der Waals surface area contributed by atoms with Crippen molar-refractivity contribution in [3.05, 3.63) is 22.8 Å². The molecule has 0 unspecified atom stereocenters. The van der Waals surface area contributed by atoms with Gasteiger partial charge in [0.2, 0.25) is 0 Å². The van der Waals surface area contributed by atoms with Crippen molar-refractivity contribution in [2.75, 3.05) is 25.2 Å². The van der Waals surface area contributed by atoms with Crippen molar-refractivity contribution >= 4 is 17.4 Å². The summed E-state index contributed by atoms with van der Waals surface area (Å²) in [5.74, 6) is 0.709. The zero-order valence-corrected chi connectivity index (χ0v) is 11.0. The quantitative estimate of drug-likeness (QED) is 0.757. The third-order valence-corrected chi connectivity index (χ3v) is 2.56. The highest BCUT2D eigenvalue weighted by atomic mass is 35.5. The first-order valence-corrected chi connectivity index (χ1v) is 5.79. The predicted octanol–water partition coefficient (Wildman–Crippen LogP) is 2.47. The summed E-state index contributed by atoms with van der Waals surface area (Å²) in [5, 5.41) is 9.24. The van der Waals surface area contributed by atoms with Crippen LogP contribution < -0.4 is 4.90 Å². The molecule has 1 aromatic rings. The van der Waals surface area contributed by atoms with Crippen molar-refractivity contribution in [2.24, 2.45) is 0 Å². The van der Waals surface area contributed by atoms with E-state index in [1.54, 1.807) is 19.2 Å². The van der Waals surface area contributed by atoms with Gasteiger partial charge in [-0.3, -0.25) is 0 Å². The average Bonchev–Trinajstić information content (AvgIpc) is 2.28. The Labute approximate surface area is 107 Å². The lowest BCUT2D eigenvalue weighted by atomic mass is 10.2. The van der Waals surface area contributed by atoms with Gasteiger partial charge in [-0.1, -0.05) is 11.6 Å². The molecule has 4 nitrogen and oxygen atoms in total. The van der Waals surface area contributed by atoms with Gasteiger partial charge in [0.15, 0.2) is 0 Å². The van der Waals surface area contributed by atoms with Gasteiger partial charge in [-0.05, 0) is 26.0 Å². The van der Waals surface area contributed by atoms with Gasteiger partial charge in [-0.15, -0.1) is 0 Å². The fourth-order valence-corrected chi connectivity index (χ4v) is 1.73. The van der Waals surface area contributed by atoms with Crippen molar-refractivity contribution in [1.82, 2.24) is 4.98 Å². The summed E-state index contributed by atoms with van der Waals surface area (Å²) >= 11 is 5.89. The molecule has 5 heteroatoms. The number of anilines is 1. The van der Waals surface area contributed by atoms with Crippen molar-refractivity contribution in [3.8, 4) is 6.07 Å². The van der Waals surface area contributed by atoms with Crippen molar-refractivity contribution in [3.63, 3.8) is 0 Å². The molecule has 1 aromatic heterocycles. The van der Waals surface area contributed by atoms with Gasteiger partial charge in [0.05, 0.1) is 18.2 Å². The summed E-state index contributed by atoms with van der Waals surface area (Å²) in [6.45, 7) is 5.44. The van der Waals surface area contributed by atoms with E-state index in [9.17, 15) is 0 Å². The van der Waals surface area contributed by atoms with E-state index in [-0.39, 0.29) is 6.04 Å². The Morgan fingerprint density at radius 1 is 1.53 bits per heavy atom. The molecule has 92 valence electrons. The molecule has 0 saturated heterocycles. The number of aromatic nitrogens is 1. The number of hydrogen-bond acceptors (Lipinski definition) is 4. The Hall–Kier alpha value is -1.31. The Bertz CT molecular complexity index is 415. The van der Waals surface area contributed by atoms with Crippen LogP contribution in [-0.4, -0.2) is 31.3 Å². The Morgan fingerprint density at radius 3 is 2.76 bits per heavy atom. The van der Waals surface area contributed by atoms with Crippen molar-refractivity contribution in [2.45, 2.75) is 19.9 Å². The largest absolute Gasteiger partial charge is 0.383 e. The fraction of sp³-hybridized carbons (Fsp3) is 0.500. The molecule has 0 aromatic carbocycles. The van der Waals surface area contributed by atoms with Crippen molar-refractivity contribution < 1.29 is 4.74 Å². The van der Waals surface area contributed by atoms with Gasteiger partial charge in [0, 0.05) is 19.7 Å². The van der Waals surface area contributed by atoms with Crippen LogP contribution >= 0.6 is 11.6 Å². The molecule has 0 aliphatic heterocycles. The highest BCUT2D eigenvalue weighted by Gasteiger charge is 2.13. The minimum atomic E-state index is 0.266. The van der Waals surface area contributed by atoms with Crippen LogP contribution in [0.5, 0.6) is 0 Å². The number of halogens is 1. The summed E-state index contributed by atoms with van der Waals surface area (Å²) in [6.07, 6.45) is 0. The number of nitrogens with zero attached hydrogens (tertiary/aromatic N) is 3. The molecule has 0 spiro atoms. The second-order valence-corrected chi connectivity index (χ2v) is 4.32. The Morgan fingerprint density at radius 2 is 2.24 bits per heavy atom. The normalized spacial score (nSPS) is 10.4. The predicted molar refractivity (Wildman–Crippen MR) is 68.3 cm³/mol. The minimum Gasteiger partial charge on any atom is -0.383 e. The Kier molecular flexibility index (Phi) is 5.20. The smallest absolute Gasteiger partial charge is 0.132 e. The zero-order valence-electron chi connectivity index (χ0n) is 10.3. The molecular weight excluding hydrogens is 238 g/mol. The molecule has 1 heterocycles. The van der Waals surface area contributed by atoms with Crippen LogP contribution in [0, 0.1) is 11.3 Å². The van der Waals surface area contributed by atoms with Crippen LogP contribution in [0.15, 0.2) is 12.1 Å². The summed E-state index contributed by atoms with van der Waals surface area (Å²) in [6, 6.07) is 5.64. The van der Waals surface area contributed by atoms with Crippen LogP contribution in [-0.2, 0) is 4.74 Å². The van der Waals surface area contributed by atoms with E-state index in [1.165, 1.54) is 0 Å². The SMILES string of the molecule is COCCN(c1cc(C#N)cc(Cl)n1)C(C)C. The summed E-state index contributed by atoms with van der Waals surface area (Å²) < 4.78 is 5.06. The number of hydrogen-bond donors (Lipinski definition) is 0. The number of nitriles is 1. The second-order valence-electron chi connectivity index (χ2n) is 3.93. The zero-order chi connectivity index (χ0) is 12.8. The van der Waals surface area contributed by atoms with Crippen LogP contribution in [0.2, 0.25) is 5.15 Å². The molecule has 0 amide bonds. The maximum absolute atomic E-state index is 8.90. The van der Waals surface area contributed by atoms with E-state index in [1.807, 2.05) is 0 Å². The second kappa shape index (κ2) is 6.43. The van der Waals surface area contributed by atoms with Crippen LogP contribution in [0.3, 0.4) is 0 Å². The molecule has 0 N–H and O–H groups in total. The van der Waals surface area contributed by atoms with Gasteiger partial charge in [-0.2, -0.15) is 5.26 Å². The van der Waals surface area contributed by atoms with Crippen molar-refractivity contribution in [1.29, 1.82) is 5.26 Å². The summed E-state index contributed by atoms with van der Waals surface area (Å²) in [7, 11) is 1.66. The van der Waals surface area contributed by atoms with Gasteiger partial charge in [0.25, 0.3) is 0 Å².